The van der Waals surface area contributed by atoms with Gasteiger partial charge in [0, 0.05) is 56.5 Å². The third kappa shape index (κ3) is 5.39. The quantitative estimate of drug-likeness (QED) is 0.783. The lowest BCUT2D eigenvalue weighted by atomic mass is 9.87. The maximum atomic E-state index is 13.2. The number of hydrogen-bond donors (Lipinski definition) is 1. The van der Waals surface area contributed by atoms with Gasteiger partial charge in [-0.1, -0.05) is 60.7 Å². The molecule has 5 nitrogen and oxygen atoms in total. The minimum Gasteiger partial charge on any atom is -0.343 e. The second kappa shape index (κ2) is 10.3. The molecule has 0 aromatic heterocycles. The molecule has 32 heavy (non-hydrogen) atoms. The summed E-state index contributed by atoms with van der Waals surface area (Å²) in [4.78, 5) is 30.3. The molecule has 0 aliphatic carbocycles. The van der Waals surface area contributed by atoms with Crippen molar-refractivity contribution in [3.8, 4) is 0 Å². The number of carbonyl (C=O) groups excluding carboxylic acids is 2. The highest BCUT2D eigenvalue weighted by Crippen LogP contribution is 2.30. The van der Waals surface area contributed by atoms with E-state index in [1.54, 1.807) is 0 Å². The molecule has 2 unspecified atom stereocenters. The number of nitrogens with one attached hydrogen (secondary N) is 1. The summed E-state index contributed by atoms with van der Waals surface area (Å²) >= 11 is 0. The fraction of sp³-hybridized carbons (Fsp3) is 0.481. The van der Waals surface area contributed by atoms with Crippen molar-refractivity contribution >= 4 is 11.8 Å². The first kappa shape index (κ1) is 22.5. The van der Waals surface area contributed by atoms with Gasteiger partial charge in [-0.3, -0.25) is 9.59 Å². The van der Waals surface area contributed by atoms with Crippen LogP contribution < -0.4 is 5.32 Å². The lowest BCUT2D eigenvalue weighted by molar-refractivity contribution is -0.142. The van der Waals surface area contributed by atoms with Crippen LogP contribution in [0.15, 0.2) is 60.7 Å². The van der Waals surface area contributed by atoms with E-state index < -0.39 is 0 Å². The van der Waals surface area contributed by atoms with Gasteiger partial charge in [0.15, 0.2) is 0 Å². The lowest BCUT2D eigenvalue weighted by Gasteiger charge is -2.40. The number of hydrogen-bond acceptors (Lipinski definition) is 3. The molecule has 2 amide bonds. The number of piperazine rings is 1. The summed E-state index contributed by atoms with van der Waals surface area (Å²) in [6, 6.07) is 21.2. The van der Waals surface area contributed by atoms with Gasteiger partial charge in [0.25, 0.3) is 0 Å². The molecule has 0 bridgehead atoms. The van der Waals surface area contributed by atoms with E-state index in [1.807, 2.05) is 46.2 Å². The van der Waals surface area contributed by atoms with Gasteiger partial charge >= 0.3 is 0 Å². The molecule has 2 aromatic carbocycles. The SMILES string of the molecule is CC1CN(C(=O)C2CCN(C(=O)CC(c3ccccc3)c3ccccc3)CC2)CC(C)N1. The van der Waals surface area contributed by atoms with Crippen molar-refractivity contribution in [1.29, 1.82) is 0 Å². The summed E-state index contributed by atoms with van der Waals surface area (Å²) in [6.07, 6.45) is 1.98. The summed E-state index contributed by atoms with van der Waals surface area (Å²) in [5, 5.41) is 3.49. The van der Waals surface area contributed by atoms with Crippen LogP contribution in [-0.4, -0.2) is 59.9 Å². The molecule has 2 aliphatic rings. The summed E-state index contributed by atoms with van der Waals surface area (Å²) < 4.78 is 0. The molecule has 2 heterocycles. The normalized spacial score (nSPS) is 22.2. The predicted octanol–water partition coefficient (Wildman–Crippen LogP) is 3.66. The maximum Gasteiger partial charge on any atom is 0.225 e. The molecular weight excluding hydrogens is 398 g/mol. The minimum atomic E-state index is 0.0376. The Morgan fingerprint density at radius 1 is 0.844 bits per heavy atom. The maximum absolute atomic E-state index is 13.2. The van der Waals surface area contributed by atoms with Gasteiger partial charge in [0.05, 0.1) is 0 Å². The fourth-order valence-electron chi connectivity index (χ4n) is 5.24. The van der Waals surface area contributed by atoms with Crippen molar-refractivity contribution < 1.29 is 9.59 Å². The van der Waals surface area contributed by atoms with Gasteiger partial charge in [-0.25, -0.2) is 0 Å². The van der Waals surface area contributed by atoms with E-state index in [2.05, 4.69) is 43.4 Å². The summed E-state index contributed by atoms with van der Waals surface area (Å²) in [6.45, 7) is 7.15. The zero-order valence-corrected chi connectivity index (χ0v) is 19.2. The van der Waals surface area contributed by atoms with E-state index in [4.69, 9.17) is 0 Å². The van der Waals surface area contributed by atoms with E-state index >= 15 is 0 Å². The van der Waals surface area contributed by atoms with Gasteiger partial charge in [0.1, 0.15) is 0 Å². The molecule has 2 saturated heterocycles. The number of nitrogens with zero attached hydrogens (tertiary/aromatic N) is 2. The smallest absolute Gasteiger partial charge is 0.225 e. The Bertz CT molecular complexity index is 844. The highest BCUT2D eigenvalue weighted by molar-refractivity contribution is 5.81. The van der Waals surface area contributed by atoms with E-state index in [1.165, 1.54) is 11.1 Å². The highest BCUT2D eigenvalue weighted by atomic mass is 16.2. The monoisotopic (exact) mass is 433 g/mol. The molecule has 0 spiro atoms. The number of piperidine rings is 1. The van der Waals surface area contributed by atoms with Gasteiger partial charge in [-0.2, -0.15) is 0 Å². The molecule has 4 rings (SSSR count). The zero-order chi connectivity index (χ0) is 22.5. The number of carbonyl (C=O) groups is 2. The van der Waals surface area contributed by atoms with Crippen LogP contribution in [0, 0.1) is 5.92 Å². The van der Waals surface area contributed by atoms with Crippen molar-refractivity contribution in [1.82, 2.24) is 15.1 Å². The van der Waals surface area contributed by atoms with Crippen LogP contribution >= 0.6 is 0 Å². The van der Waals surface area contributed by atoms with Crippen LogP contribution in [-0.2, 0) is 9.59 Å². The largest absolute Gasteiger partial charge is 0.343 e. The van der Waals surface area contributed by atoms with Crippen molar-refractivity contribution in [2.24, 2.45) is 5.92 Å². The molecule has 2 fully saturated rings. The zero-order valence-electron chi connectivity index (χ0n) is 19.2. The van der Waals surface area contributed by atoms with Crippen molar-refractivity contribution in [3.05, 3.63) is 71.8 Å². The molecule has 0 radical (unpaired) electrons. The summed E-state index contributed by atoms with van der Waals surface area (Å²) in [5.74, 6) is 0.533. The Kier molecular flexibility index (Phi) is 7.26. The Labute approximate surface area is 191 Å². The van der Waals surface area contributed by atoms with Crippen molar-refractivity contribution in [3.63, 3.8) is 0 Å². The fourth-order valence-corrected chi connectivity index (χ4v) is 5.24. The lowest BCUT2D eigenvalue weighted by Crippen LogP contribution is -2.57. The van der Waals surface area contributed by atoms with Crippen molar-refractivity contribution in [2.45, 2.75) is 51.1 Å². The molecule has 5 heteroatoms. The van der Waals surface area contributed by atoms with Crippen LogP contribution in [0.3, 0.4) is 0 Å². The Hall–Kier alpha value is -2.66. The van der Waals surface area contributed by atoms with Gasteiger partial charge in [-0.05, 0) is 37.8 Å². The molecule has 1 N–H and O–H groups in total. The molecule has 0 saturated carbocycles. The highest BCUT2D eigenvalue weighted by Gasteiger charge is 2.33. The van der Waals surface area contributed by atoms with Crippen LogP contribution in [0.1, 0.15) is 50.2 Å². The number of likely N-dealkylation sites (tertiary alicyclic amines) is 1. The van der Waals surface area contributed by atoms with Gasteiger partial charge in [0.2, 0.25) is 11.8 Å². The first-order valence-corrected chi connectivity index (χ1v) is 11.9. The Morgan fingerprint density at radius 2 is 1.34 bits per heavy atom. The third-order valence-electron chi connectivity index (χ3n) is 6.85. The van der Waals surface area contributed by atoms with Crippen LogP contribution in [0.25, 0.3) is 0 Å². The second-order valence-electron chi connectivity index (χ2n) is 9.45. The Balaban J connectivity index is 1.37. The van der Waals surface area contributed by atoms with Gasteiger partial charge < -0.3 is 15.1 Å². The second-order valence-corrected chi connectivity index (χ2v) is 9.45. The Morgan fingerprint density at radius 3 is 1.84 bits per heavy atom. The van der Waals surface area contributed by atoms with Crippen LogP contribution in [0.4, 0.5) is 0 Å². The molecule has 170 valence electrons. The average molecular weight is 434 g/mol. The number of rotatable bonds is 5. The van der Waals surface area contributed by atoms with E-state index in [9.17, 15) is 9.59 Å². The first-order valence-electron chi connectivity index (χ1n) is 11.9. The average Bonchev–Trinajstić information content (AvgIpc) is 2.82. The molecule has 2 atom stereocenters. The van der Waals surface area contributed by atoms with Gasteiger partial charge in [-0.15, -0.1) is 0 Å². The van der Waals surface area contributed by atoms with E-state index in [0.29, 0.717) is 31.6 Å². The van der Waals surface area contributed by atoms with Crippen LogP contribution in [0.5, 0.6) is 0 Å². The van der Waals surface area contributed by atoms with Crippen molar-refractivity contribution in [2.75, 3.05) is 26.2 Å². The van der Waals surface area contributed by atoms with Crippen LogP contribution in [0.2, 0.25) is 0 Å². The molecule has 2 aliphatic heterocycles. The number of benzene rings is 2. The first-order chi connectivity index (χ1) is 15.5. The standard InChI is InChI=1S/C27H35N3O2/c1-20-18-30(19-21(2)28-20)27(32)24-13-15-29(16-14-24)26(31)17-25(22-9-5-3-6-10-22)23-11-7-4-8-12-23/h3-12,20-21,24-25,28H,13-19H2,1-2H3. The minimum absolute atomic E-state index is 0.0376. The molecular formula is C27H35N3O2. The topological polar surface area (TPSA) is 52.7 Å². The molecule has 2 aromatic rings. The predicted molar refractivity (Wildman–Crippen MR) is 127 cm³/mol. The number of amides is 2. The van der Waals surface area contributed by atoms with E-state index in [-0.39, 0.29) is 23.7 Å². The summed E-state index contributed by atoms with van der Waals surface area (Å²) in [5.41, 5.74) is 2.33. The summed E-state index contributed by atoms with van der Waals surface area (Å²) in [7, 11) is 0. The van der Waals surface area contributed by atoms with E-state index in [0.717, 1.165) is 25.9 Å². The third-order valence-corrected chi connectivity index (χ3v) is 6.85.